The van der Waals surface area contributed by atoms with Crippen molar-refractivity contribution in [3.8, 4) is 0 Å². The Morgan fingerprint density at radius 1 is 1.06 bits per heavy atom. The van der Waals surface area contributed by atoms with Crippen molar-refractivity contribution in [2.24, 2.45) is 0 Å². The van der Waals surface area contributed by atoms with Crippen LogP contribution in [-0.2, 0) is 0 Å². The van der Waals surface area contributed by atoms with Gasteiger partial charge in [0.1, 0.15) is 0 Å². The SMILES string of the molecule is O=C(O)c1ccccc1C(=O)O.O=[N+]([O-])O. The Bertz CT molecular complexity index is 378. The quantitative estimate of drug-likeness (QED) is 0.501. The van der Waals surface area contributed by atoms with Crippen LogP contribution in [0.2, 0.25) is 0 Å². The number of aromatic carboxylic acids is 2. The van der Waals surface area contributed by atoms with E-state index in [9.17, 15) is 9.59 Å². The van der Waals surface area contributed by atoms with Crippen LogP contribution >= 0.6 is 0 Å². The minimum Gasteiger partial charge on any atom is -0.478 e. The number of hydrogen-bond acceptors (Lipinski definition) is 4. The van der Waals surface area contributed by atoms with Gasteiger partial charge >= 0.3 is 11.9 Å². The van der Waals surface area contributed by atoms with Gasteiger partial charge in [0.15, 0.2) is 0 Å². The summed E-state index contributed by atoms with van der Waals surface area (Å²) in [6, 6.07) is 5.48. The lowest BCUT2D eigenvalue weighted by atomic mass is 10.1. The fraction of sp³-hybridized carbons (Fsp3) is 0. The largest absolute Gasteiger partial charge is 0.478 e. The lowest BCUT2D eigenvalue weighted by molar-refractivity contribution is -0.742. The van der Waals surface area contributed by atoms with Crippen molar-refractivity contribution in [2.45, 2.75) is 0 Å². The summed E-state index contributed by atoms with van der Waals surface area (Å²) in [5, 5.41) is 30.7. The average Bonchev–Trinajstić information content (AvgIpc) is 2.16. The summed E-state index contributed by atoms with van der Waals surface area (Å²) in [4.78, 5) is 29.3. The second-order valence-electron chi connectivity index (χ2n) is 2.39. The topological polar surface area (TPSA) is 138 Å². The highest BCUT2D eigenvalue weighted by molar-refractivity contribution is 6.01. The van der Waals surface area contributed by atoms with E-state index >= 15 is 0 Å². The Morgan fingerprint density at radius 2 is 1.31 bits per heavy atom. The molecular weight excluding hydrogens is 222 g/mol. The lowest BCUT2D eigenvalue weighted by Gasteiger charge is -1.98. The molecule has 0 heterocycles. The van der Waals surface area contributed by atoms with Crippen molar-refractivity contribution in [2.75, 3.05) is 0 Å². The molecule has 1 aromatic carbocycles. The van der Waals surface area contributed by atoms with E-state index in [1.807, 2.05) is 0 Å². The van der Waals surface area contributed by atoms with E-state index < -0.39 is 17.0 Å². The third-order valence-electron chi connectivity index (χ3n) is 1.39. The second-order valence-corrected chi connectivity index (χ2v) is 2.39. The average molecular weight is 229 g/mol. The highest BCUT2D eigenvalue weighted by atomic mass is 16.9. The Kier molecular flexibility index (Phi) is 4.98. The van der Waals surface area contributed by atoms with E-state index in [0.717, 1.165) is 0 Å². The zero-order valence-electron chi connectivity index (χ0n) is 7.73. The van der Waals surface area contributed by atoms with Crippen LogP contribution in [0.25, 0.3) is 0 Å². The van der Waals surface area contributed by atoms with E-state index in [2.05, 4.69) is 0 Å². The van der Waals surface area contributed by atoms with Crippen LogP contribution in [0.4, 0.5) is 0 Å². The summed E-state index contributed by atoms with van der Waals surface area (Å²) in [6.45, 7) is 0. The number of hydrogen-bond donors (Lipinski definition) is 3. The van der Waals surface area contributed by atoms with Gasteiger partial charge in [-0.3, -0.25) is 0 Å². The van der Waals surface area contributed by atoms with Crippen molar-refractivity contribution in [1.82, 2.24) is 0 Å². The molecule has 8 heteroatoms. The van der Waals surface area contributed by atoms with Crippen molar-refractivity contribution in [3.05, 3.63) is 45.5 Å². The van der Waals surface area contributed by atoms with Gasteiger partial charge in [0.05, 0.1) is 11.1 Å². The molecule has 0 bridgehead atoms. The number of rotatable bonds is 2. The molecule has 0 atom stereocenters. The molecular formula is C8H7NO7. The highest BCUT2D eigenvalue weighted by Crippen LogP contribution is 2.07. The summed E-state index contributed by atoms with van der Waals surface area (Å²) in [6.07, 6.45) is 0. The molecule has 0 saturated heterocycles. The van der Waals surface area contributed by atoms with Crippen LogP contribution in [0.5, 0.6) is 0 Å². The number of nitrogens with zero attached hydrogens (tertiary/aromatic N) is 1. The molecule has 0 radical (unpaired) electrons. The predicted octanol–water partition coefficient (Wildman–Crippen LogP) is 0.735. The van der Waals surface area contributed by atoms with Gasteiger partial charge in [-0.25, -0.2) is 9.59 Å². The second kappa shape index (κ2) is 5.96. The van der Waals surface area contributed by atoms with E-state index in [-0.39, 0.29) is 11.1 Å². The Labute approximate surface area is 88.5 Å². The van der Waals surface area contributed by atoms with E-state index in [1.165, 1.54) is 24.3 Å². The molecule has 3 N–H and O–H groups in total. The van der Waals surface area contributed by atoms with E-state index in [0.29, 0.717) is 0 Å². The van der Waals surface area contributed by atoms with Crippen LogP contribution in [0.15, 0.2) is 24.3 Å². The van der Waals surface area contributed by atoms with Gasteiger partial charge in [0.2, 0.25) is 0 Å². The van der Waals surface area contributed by atoms with Crippen LogP contribution in [-0.4, -0.2) is 32.4 Å². The molecule has 86 valence electrons. The first-order valence-electron chi connectivity index (χ1n) is 3.75. The van der Waals surface area contributed by atoms with Crippen molar-refractivity contribution >= 4 is 11.9 Å². The van der Waals surface area contributed by atoms with Crippen molar-refractivity contribution < 1.29 is 30.1 Å². The number of benzene rings is 1. The number of carboxylic acids is 2. The van der Waals surface area contributed by atoms with Gasteiger partial charge in [0.25, 0.3) is 5.09 Å². The molecule has 1 rings (SSSR count). The third-order valence-corrected chi connectivity index (χ3v) is 1.39. The molecule has 0 aliphatic carbocycles. The maximum absolute atomic E-state index is 10.5. The maximum atomic E-state index is 10.5. The van der Waals surface area contributed by atoms with Crippen LogP contribution < -0.4 is 0 Å². The van der Waals surface area contributed by atoms with Crippen LogP contribution in [0, 0.1) is 10.1 Å². The van der Waals surface area contributed by atoms with Gasteiger partial charge in [-0.1, -0.05) is 12.1 Å². The van der Waals surface area contributed by atoms with Crippen LogP contribution in [0.3, 0.4) is 0 Å². The lowest BCUT2D eigenvalue weighted by Crippen LogP contribution is -2.06. The molecule has 0 aliphatic rings. The minimum absolute atomic E-state index is 0.190. The summed E-state index contributed by atoms with van der Waals surface area (Å²) in [5.74, 6) is -2.46. The minimum atomic E-state index is -1.50. The molecule has 1 aromatic rings. The molecule has 0 saturated carbocycles. The molecule has 0 aliphatic heterocycles. The Morgan fingerprint density at radius 3 is 1.50 bits per heavy atom. The number of carbonyl (C=O) groups is 2. The third kappa shape index (κ3) is 4.56. The fourth-order valence-electron chi connectivity index (χ4n) is 0.856. The van der Waals surface area contributed by atoms with E-state index in [1.54, 1.807) is 0 Å². The molecule has 0 amide bonds. The van der Waals surface area contributed by atoms with Gasteiger partial charge in [-0.15, -0.1) is 10.1 Å². The molecule has 0 aromatic heterocycles. The smallest absolute Gasteiger partial charge is 0.336 e. The first kappa shape index (κ1) is 13.4. The van der Waals surface area contributed by atoms with Crippen LogP contribution in [0.1, 0.15) is 20.7 Å². The summed E-state index contributed by atoms with van der Waals surface area (Å²) < 4.78 is 0. The zero-order valence-corrected chi connectivity index (χ0v) is 7.73. The molecule has 0 unspecified atom stereocenters. The summed E-state index contributed by atoms with van der Waals surface area (Å²) in [5.41, 5.74) is -0.380. The Balaban J connectivity index is 0.000000487. The molecule has 8 nitrogen and oxygen atoms in total. The van der Waals surface area contributed by atoms with Gasteiger partial charge in [0, 0.05) is 0 Å². The molecule has 16 heavy (non-hydrogen) atoms. The Hall–Kier alpha value is -2.64. The van der Waals surface area contributed by atoms with Crippen molar-refractivity contribution in [3.63, 3.8) is 0 Å². The summed E-state index contributed by atoms with van der Waals surface area (Å²) in [7, 11) is 0. The van der Waals surface area contributed by atoms with Gasteiger partial charge in [-0.05, 0) is 12.1 Å². The normalized spacial score (nSPS) is 8.50. The first-order chi connectivity index (χ1) is 7.36. The number of carboxylic acid groups (broad SMARTS) is 2. The maximum Gasteiger partial charge on any atom is 0.336 e. The standard InChI is InChI=1S/C8H6O4.HNO3/c9-7(10)5-3-1-2-4-6(5)8(11)12;2-1(3)4/h1-4H,(H,9,10)(H,11,12);(H,2,3,4). The zero-order chi connectivity index (χ0) is 12.7. The van der Waals surface area contributed by atoms with Gasteiger partial charge < -0.3 is 15.4 Å². The molecule has 0 spiro atoms. The van der Waals surface area contributed by atoms with E-state index in [4.69, 9.17) is 25.5 Å². The van der Waals surface area contributed by atoms with Crippen molar-refractivity contribution in [1.29, 1.82) is 0 Å². The monoisotopic (exact) mass is 229 g/mol. The van der Waals surface area contributed by atoms with Gasteiger partial charge in [-0.2, -0.15) is 0 Å². The highest BCUT2D eigenvalue weighted by Gasteiger charge is 2.13. The summed E-state index contributed by atoms with van der Waals surface area (Å²) >= 11 is 0. The molecule has 0 fully saturated rings. The fourth-order valence-corrected chi connectivity index (χ4v) is 0.856. The first-order valence-corrected chi connectivity index (χ1v) is 3.75. The predicted molar refractivity (Wildman–Crippen MR) is 49.1 cm³/mol.